The second-order valence-corrected chi connectivity index (χ2v) is 12.8. The van der Waals surface area contributed by atoms with Gasteiger partial charge in [0, 0.05) is 57.2 Å². The van der Waals surface area contributed by atoms with Crippen molar-refractivity contribution in [1.82, 2.24) is 19.9 Å². The number of carbonyl (C=O) groups is 1. The molecule has 0 amide bonds. The standard InChI is InChI=1S/C39H46N4O/c1-12-27-23(8)31-17-33-25(10)29(15-14-20(3)4)38(42-33)30(16-22(7)44)39-37(21(5)6)26(11)34(43-39)19-36-28(13-2)24(9)32(41-36)18-35(27)40-31/h12,17-19,25,29,40,43H,1,3,5,13-16H2,2,4,6-11H3/t25-,29-/m0/s1. The minimum atomic E-state index is 0.105. The van der Waals surface area contributed by atoms with Crippen molar-refractivity contribution in [2.45, 2.75) is 92.9 Å². The summed E-state index contributed by atoms with van der Waals surface area (Å²) in [4.78, 5) is 30.9. The Balaban J connectivity index is 2.04. The number of fused-ring (bicyclic) bond motifs is 8. The first kappa shape index (κ1) is 31.2. The highest BCUT2D eigenvalue weighted by atomic mass is 16.1. The molecule has 3 aromatic heterocycles. The Labute approximate surface area is 262 Å². The van der Waals surface area contributed by atoms with E-state index in [1.807, 2.05) is 13.0 Å². The Morgan fingerprint density at radius 3 is 2.25 bits per heavy atom. The van der Waals surface area contributed by atoms with Crippen molar-refractivity contribution in [2.24, 2.45) is 0 Å². The van der Waals surface area contributed by atoms with Gasteiger partial charge in [0.1, 0.15) is 5.78 Å². The smallest absolute Gasteiger partial charge is 0.134 e. The van der Waals surface area contributed by atoms with Crippen LogP contribution in [0.3, 0.4) is 0 Å². The molecule has 0 saturated heterocycles. The lowest BCUT2D eigenvalue weighted by molar-refractivity contribution is -0.116. The monoisotopic (exact) mass is 586 g/mol. The number of allylic oxidation sites excluding steroid dienone is 4. The average Bonchev–Trinajstić information content (AvgIpc) is 3.63. The second-order valence-electron chi connectivity index (χ2n) is 12.8. The Hall–Kier alpha value is -4.25. The van der Waals surface area contributed by atoms with E-state index in [1.165, 1.54) is 11.1 Å². The first-order valence-corrected chi connectivity index (χ1v) is 15.8. The van der Waals surface area contributed by atoms with Gasteiger partial charge in [0.05, 0.1) is 22.6 Å². The maximum Gasteiger partial charge on any atom is 0.134 e. The number of hydrogen-bond donors (Lipinski definition) is 2. The van der Waals surface area contributed by atoms with Crippen LogP contribution >= 0.6 is 0 Å². The number of aromatic nitrogens is 4. The highest BCUT2D eigenvalue weighted by Crippen LogP contribution is 2.44. The number of nitrogens with zero attached hydrogens (tertiary/aromatic N) is 2. The third-order valence-corrected chi connectivity index (χ3v) is 9.47. The SMILES string of the molecule is C=Cc1c(C)c2cc3nc(c(CC(C)=O)c4[nH]c(cc5nc(cc1[nH]2)C(C)=C5CC)c(C)c4C(=C)C)[C@@H](CCC(=C)C)[C@@H]3C. The van der Waals surface area contributed by atoms with E-state index in [9.17, 15) is 4.79 Å². The maximum absolute atomic E-state index is 12.9. The third kappa shape index (κ3) is 5.45. The van der Waals surface area contributed by atoms with E-state index in [-0.39, 0.29) is 17.6 Å². The van der Waals surface area contributed by atoms with E-state index in [2.05, 4.69) is 89.4 Å². The number of carbonyl (C=O) groups excluding carboxylic acids is 1. The normalized spacial score (nSPS) is 16.4. The predicted molar refractivity (Wildman–Crippen MR) is 188 cm³/mol. The molecule has 5 heteroatoms. The van der Waals surface area contributed by atoms with Crippen LogP contribution in [0.4, 0.5) is 0 Å². The van der Waals surface area contributed by atoms with Crippen LogP contribution in [0.2, 0.25) is 0 Å². The topological polar surface area (TPSA) is 74.4 Å². The van der Waals surface area contributed by atoms with E-state index in [0.29, 0.717) is 6.42 Å². The van der Waals surface area contributed by atoms with Gasteiger partial charge in [-0.2, -0.15) is 0 Å². The summed E-state index contributed by atoms with van der Waals surface area (Å²) in [7, 11) is 0. The van der Waals surface area contributed by atoms with Gasteiger partial charge in [0.25, 0.3) is 0 Å². The van der Waals surface area contributed by atoms with Gasteiger partial charge in [-0.15, -0.1) is 6.58 Å². The molecule has 0 radical (unpaired) electrons. The minimum absolute atomic E-state index is 0.105. The summed E-state index contributed by atoms with van der Waals surface area (Å²) in [5.74, 6) is 0.409. The molecule has 0 fully saturated rings. The summed E-state index contributed by atoms with van der Waals surface area (Å²) in [6, 6.07) is 6.50. The van der Waals surface area contributed by atoms with E-state index < -0.39 is 0 Å². The molecule has 5 rings (SSSR count). The molecule has 228 valence electrons. The fourth-order valence-electron chi connectivity index (χ4n) is 7.01. The van der Waals surface area contributed by atoms with E-state index in [0.717, 1.165) is 103 Å². The third-order valence-electron chi connectivity index (χ3n) is 9.47. The molecular weight excluding hydrogens is 540 g/mol. The van der Waals surface area contributed by atoms with Gasteiger partial charge in [-0.3, -0.25) is 9.78 Å². The lowest BCUT2D eigenvalue weighted by atomic mass is 9.84. The molecule has 3 aromatic rings. The fourth-order valence-corrected chi connectivity index (χ4v) is 7.01. The van der Waals surface area contributed by atoms with Crippen molar-refractivity contribution < 1.29 is 4.79 Å². The van der Waals surface area contributed by atoms with E-state index in [4.69, 9.17) is 9.97 Å². The molecule has 2 aliphatic rings. The summed E-state index contributed by atoms with van der Waals surface area (Å²) in [5, 5.41) is 0. The molecule has 2 atom stereocenters. The lowest BCUT2D eigenvalue weighted by Gasteiger charge is -2.18. The van der Waals surface area contributed by atoms with E-state index >= 15 is 0 Å². The second kappa shape index (κ2) is 12.0. The van der Waals surface area contributed by atoms with Crippen LogP contribution in [0.1, 0.15) is 123 Å². The summed E-state index contributed by atoms with van der Waals surface area (Å²) in [6.45, 7) is 29.3. The highest BCUT2D eigenvalue weighted by molar-refractivity contribution is 5.95. The van der Waals surface area contributed by atoms with Crippen LogP contribution < -0.4 is 0 Å². The van der Waals surface area contributed by atoms with Gasteiger partial charge in [0.15, 0.2) is 0 Å². The van der Waals surface area contributed by atoms with Crippen molar-refractivity contribution in [2.75, 3.05) is 0 Å². The largest absolute Gasteiger partial charge is 0.355 e. The summed E-state index contributed by atoms with van der Waals surface area (Å²) >= 11 is 0. The summed E-state index contributed by atoms with van der Waals surface area (Å²) in [6.07, 6.45) is 4.89. The molecule has 0 saturated carbocycles. The zero-order valence-corrected chi connectivity index (χ0v) is 27.7. The number of hydrogen-bond acceptors (Lipinski definition) is 3. The van der Waals surface area contributed by atoms with Gasteiger partial charge in [-0.1, -0.05) is 38.7 Å². The molecule has 0 aromatic carbocycles. The lowest BCUT2D eigenvalue weighted by Crippen LogP contribution is -2.08. The molecule has 0 aliphatic carbocycles. The van der Waals surface area contributed by atoms with Crippen LogP contribution in [0, 0.1) is 13.8 Å². The number of nitrogens with one attached hydrogen (secondary N) is 2. The Morgan fingerprint density at radius 2 is 1.64 bits per heavy atom. The Bertz CT molecular complexity index is 1930. The zero-order chi connectivity index (χ0) is 32.0. The molecule has 2 N–H and O–H groups in total. The summed E-state index contributed by atoms with van der Waals surface area (Å²) in [5.41, 5.74) is 17.7. The van der Waals surface area contributed by atoms with Crippen molar-refractivity contribution in [3.63, 3.8) is 0 Å². The van der Waals surface area contributed by atoms with Gasteiger partial charge < -0.3 is 9.97 Å². The number of aryl methyl sites for hydroxylation is 2. The van der Waals surface area contributed by atoms with Crippen molar-refractivity contribution in [3.05, 3.63) is 94.1 Å². The Morgan fingerprint density at radius 1 is 0.955 bits per heavy atom. The van der Waals surface area contributed by atoms with E-state index in [1.54, 1.807) is 6.92 Å². The summed E-state index contributed by atoms with van der Waals surface area (Å²) < 4.78 is 0. The minimum Gasteiger partial charge on any atom is -0.355 e. The van der Waals surface area contributed by atoms with Crippen molar-refractivity contribution in [1.29, 1.82) is 0 Å². The molecule has 0 unspecified atom stereocenters. The first-order valence-electron chi connectivity index (χ1n) is 15.8. The van der Waals surface area contributed by atoms with Crippen molar-refractivity contribution in [3.8, 4) is 0 Å². The molecule has 2 aliphatic heterocycles. The fraction of sp³-hybridized carbons (Fsp3) is 0.359. The first-order chi connectivity index (χ1) is 20.9. The number of ketones is 1. The molecule has 44 heavy (non-hydrogen) atoms. The van der Waals surface area contributed by atoms with Crippen LogP contribution in [0.5, 0.6) is 0 Å². The Kier molecular flexibility index (Phi) is 8.53. The highest BCUT2D eigenvalue weighted by Gasteiger charge is 2.32. The number of Topliss-reactive ketones (excluding diaryl/α,β-unsaturated/α-hetero) is 1. The average molecular weight is 587 g/mol. The van der Waals surface area contributed by atoms with Crippen LogP contribution in [0.15, 0.2) is 43.5 Å². The van der Waals surface area contributed by atoms with Crippen LogP contribution in [-0.2, 0) is 11.2 Å². The zero-order valence-electron chi connectivity index (χ0n) is 27.7. The number of rotatable bonds is 8. The molecule has 8 bridgehead atoms. The maximum atomic E-state index is 12.9. The number of H-pyrrole nitrogens is 2. The predicted octanol–water partition coefficient (Wildman–Crippen LogP) is 10.3. The molecule has 5 nitrogen and oxygen atoms in total. The molecule has 5 heterocycles. The molecular formula is C39H46N4O. The van der Waals surface area contributed by atoms with Crippen LogP contribution in [-0.4, -0.2) is 25.7 Å². The van der Waals surface area contributed by atoms with Gasteiger partial charge in [-0.05, 0) is 107 Å². The quantitative estimate of drug-likeness (QED) is 0.258. The van der Waals surface area contributed by atoms with Gasteiger partial charge in [0.2, 0.25) is 0 Å². The van der Waals surface area contributed by atoms with Crippen LogP contribution in [0.25, 0.3) is 44.9 Å². The molecule has 0 spiro atoms. The van der Waals surface area contributed by atoms with Gasteiger partial charge >= 0.3 is 0 Å². The number of aromatic amines is 2. The van der Waals surface area contributed by atoms with Crippen molar-refractivity contribution >= 4 is 50.6 Å². The van der Waals surface area contributed by atoms with Gasteiger partial charge in [-0.25, -0.2) is 4.98 Å².